The van der Waals surface area contributed by atoms with Gasteiger partial charge in [-0.2, -0.15) is 0 Å². The molecule has 5 nitrogen and oxygen atoms in total. The maximum Gasteiger partial charge on any atom is 0.254 e. The summed E-state index contributed by atoms with van der Waals surface area (Å²) in [6.07, 6.45) is 2.63. The summed E-state index contributed by atoms with van der Waals surface area (Å²) >= 11 is 0. The molecule has 1 saturated heterocycles. The highest BCUT2D eigenvalue weighted by molar-refractivity contribution is 6.00. The minimum atomic E-state index is 0.00687. The number of carbonyl (C=O) groups is 1. The van der Waals surface area contributed by atoms with Crippen molar-refractivity contribution in [1.29, 1.82) is 0 Å². The van der Waals surface area contributed by atoms with E-state index in [1.165, 1.54) is 0 Å². The second-order valence-electron chi connectivity index (χ2n) is 7.69. The van der Waals surface area contributed by atoms with E-state index >= 15 is 0 Å². The van der Waals surface area contributed by atoms with Crippen LogP contribution in [0.2, 0.25) is 0 Å². The molecule has 1 amide bonds. The summed E-state index contributed by atoms with van der Waals surface area (Å²) in [5.41, 5.74) is 3.37. The molecule has 1 N–H and O–H groups in total. The SMILES string of the molecule is O=C(c1ccccc1-c1ncc(-c2ccccc2)o1)N1CCC(Nc2ccccc2)C1. The quantitative estimate of drug-likeness (QED) is 0.484. The lowest BCUT2D eigenvalue weighted by Crippen LogP contribution is -2.31. The third kappa shape index (κ3) is 4.08. The standard InChI is InChI=1S/C26H23N3O2/c30-26(29-16-15-21(18-29)28-20-11-5-2-6-12-20)23-14-8-7-13-22(23)25-27-17-24(31-25)19-9-3-1-4-10-19/h1-14,17,21,28H,15-16,18H2. The summed E-state index contributed by atoms with van der Waals surface area (Å²) in [4.78, 5) is 19.7. The smallest absolute Gasteiger partial charge is 0.254 e. The second-order valence-corrected chi connectivity index (χ2v) is 7.69. The number of anilines is 1. The van der Waals surface area contributed by atoms with Gasteiger partial charge in [-0.25, -0.2) is 4.98 Å². The molecule has 1 fully saturated rings. The first-order valence-electron chi connectivity index (χ1n) is 10.5. The van der Waals surface area contributed by atoms with E-state index in [0.717, 1.165) is 24.2 Å². The molecule has 1 aliphatic rings. The molecule has 3 aromatic carbocycles. The van der Waals surface area contributed by atoms with Crippen LogP contribution in [-0.2, 0) is 0 Å². The average molecular weight is 409 g/mol. The number of nitrogens with one attached hydrogen (secondary N) is 1. The predicted molar refractivity (Wildman–Crippen MR) is 122 cm³/mol. The van der Waals surface area contributed by atoms with Crippen molar-refractivity contribution in [1.82, 2.24) is 9.88 Å². The lowest BCUT2D eigenvalue weighted by Gasteiger charge is -2.19. The Hall–Kier alpha value is -3.86. The van der Waals surface area contributed by atoms with Crippen molar-refractivity contribution in [3.8, 4) is 22.8 Å². The van der Waals surface area contributed by atoms with Gasteiger partial charge in [-0.1, -0.05) is 60.7 Å². The van der Waals surface area contributed by atoms with Crippen LogP contribution in [0.25, 0.3) is 22.8 Å². The largest absolute Gasteiger partial charge is 0.436 e. The molecule has 0 saturated carbocycles. The number of benzene rings is 3. The van der Waals surface area contributed by atoms with Gasteiger partial charge in [-0.05, 0) is 30.7 Å². The molecule has 154 valence electrons. The summed E-state index contributed by atoms with van der Waals surface area (Å²) in [7, 11) is 0. The molecule has 4 aromatic rings. The number of aromatic nitrogens is 1. The van der Waals surface area contributed by atoms with Gasteiger partial charge in [0.1, 0.15) is 0 Å². The number of amides is 1. The van der Waals surface area contributed by atoms with Gasteiger partial charge in [0.15, 0.2) is 5.76 Å². The van der Waals surface area contributed by atoms with Crippen LogP contribution in [0.4, 0.5) is 5.69 Å². The summed E-state index contributed by atoms with van der Waals surface area (Å²) in [6, 6.07) is 27.7. The first kappa shape index (κ1) is 19.1. The summed E-state index contributed by atoms with van der Waals surface area (Å²) < 4.78 is 6.02. The molecular weight excluding hydrogens is 386 g/mol. The van der Waals surface area contributed by atoms with Crippen LogP contribution in [0.3, 0.4) is 0 Å². The summed E-state index contributed by atoms with van der Waals surface area (Å²) in [5, 5.41) is 3.52. The molecule has 1 unspecified atom stereocenters. The molecule has 0 bridgehead atoms. The lowest BCUT2D eigenvalue weighted by molar-refractivity contribution is 0.0792. The van der Waals surface area contributed by atoms with E-state index in [-0.39, 0.29) is 11.9 Å². The van der Waals surface area contributed by atoms with E-state index < -0.39 is 0 Å². The number of nitrogens with zero attached hydrogens (tertiary/aromatic N) is 2. The minimum absolute atomic E-state index is 0.00687. The van der Waals surface area contributed by atoms with Crippen molar-refractivity contribution in [2.75, 3.05) is 18.4 Å². The van der Waals surface area contributed by atoms with Gasteiger partial charge in [0.2, 0.25) is 5.89 Å². The van der Waals surface area contributed by atoms with E-state index in [0.29, 0.717) is 29.3 Å². The maximum absolute atomic E-state index is 13.3. The number of para-hydroxylation sites is 1. The molecule has 0 radical (unpaired) electrons. The fourth-order valence-electron chi connectivity index (χ4n) is 3.99. The normalized spacial score (nSPS) is 15.7. The fourth-order valence-corrected chi connectivity index (χ4v) is 3.99. The van der Waals surface area contributed by atoms with Gasteiger partial charge in [-0.3, -0.25) is 4.79 Å². The molecule has 1 aliphatic heterocycles. The number of hydrogen-bond acceptors (Lipinski definition) is 4. The summed E-state index contributed by atoms with van der Waals surface area (Å²) in [6.45, 7) is 1.39. The lowest BCUT2D eigenvalue weighted by atomic mass is 10.1. The highest BCUT2D eigenvalue weighted by Gasteiger charge is 2.29. The van der Waals surface area contributed by atoms with Gasteiger partial charge >= 0.3 is 0 Å². The molecule has 1 aromatic heterocycles. The zero-order valence-electron chi connectivity index (χ0n) is 17.1. The molecule has 0 aliphatic carbocycles. The van der Waals surface area contributed by atoms with Crippen molar-refractivity contribution in [3.63, 3.8) is 0 Å². The van der Waals surface area contributed by atoms with Gasteiger partial charge in [0.05, 0.1) is 11.8 Å². The maximum atomic E-state index is 13.3. The molecule has 5 rings (SSSR count). The zero-order chi connectivity index (χ0) is 21.0. The third-order valence-electron chi connectivity index (χ3n) is 5.57. The first-order chi connectivity index (χ1) is 15.3. The van der Waals surface area contributed by atoms with Crippen LogP contribution >= 0.6 is 0 Å². The Kier molecular flexibility index (Phi) is 5.23. The number of hydrogen-bond donors (Lipinski definition) is 1. The van der Waals surface area contributed by atoms with Crippen LogP contribution in [0, 0.1) is 0 Å². The van der Waals surface area contributed by atoms with Crippen LogP contribution in [0.1, 0.15) is 16.8 Å². The van der Waals surface area contributed by atoms with E-state index in [2.05, 4.69) is 10.3 Å². The van der Waals surface area contributed by atoms with Crippen LogP contribution in [0.5, 0.6) is 0 Å². The van der Waals surface area contributed by atoms with E-state index in [4.69, 9.17) is 4.42 Å². The van der Waals surface area contributed by atoms with Crippen molar-refractivity contribution < 1.29 is 9.21 Å². The molecule has 5 heteroatoms. The van der Waals surface area contributed by atoms with E-state index in [1.807, 2.05) is 89.8 Å². The van der Waals surface area contributed by atoms with Gasteiger partial charge in [0.25, 0.3) is 5.91 Å². The molecular formula is C26H23N3O2. The first-order valence-corrected chi connectivity index (χ1v) is 10.5. The Balaban J connectivity index is 1.35. The Morgan fingerprint density at radius 1 is 0.935 bits per heavy atom. The van der Waals surface area contributed by atoms with Crippen molar-refractivity contribution >= 4 is 11.6 Å². The van der Waals surface area contributed by atoms with Crippen LogP contribution < -0.4 is 5.32 Å². The van der Waals surface area contributed by atoms with Gasteiger partial charge < -0.3 is 14.6 Å². The Morgan fingerprint density at radius 3 is 2.45 bits per heavy atom. The average Bonchev–Trinajstić information content (AvgIpc) is 3.50. The van der Waals surface area contributed by atoms with Crippen molar-refractivity contribution in [2.45, 2.75) is 12.5 Å². The van der Waals surface area contributed by atoms with E-state index in [9.17, 15) is 4.79 Å². The number of likely N-dealkylation sites (tertiary alicyclic amines) is 1. The summed E-state index contributed by atoms with van der Waals surface area (Å²) in [5.74, 6) is 1.15. The molecule has 31 heavy (non-hydrogen) atoms. The van der Waals surface area contributed by atoms with E-state index in [1.54, 1.807) is 6.20 Å². The highest BCUT2D eigenvalue weighted by Crippen LogP contribution is 2.29. The Morgan fingerprint density at radius 2 is 1.65 bits per heavy atom. The van der Waals surface area contributed by atoms with Gasteiger partial charge in [0, 0.05) is 35.9 Å². The highest BCUT2D eigenvalue weighted by atomic mass is 16.4. The monoisotopic (exact) mass is 409 g/mol. The second kappa shape index (κ2) is 8.48. The van der Waals surface area contributed by atoms with Crippen LogP contribution in [0.15, 0.2) is 95.5 Å². The van der Waals surface area contributed by atoms with Crippen LogP contribution in [-0.4, -0.2) is 34.9 Å². The molecule has 2 heterocycles. The fraction of sp³-hybridized carbons (Fsp3) is 0.154. The topological polar surface area (TPSA) is 58.4 Å². The number of carbonyl (C=O) groups excluding carboxylic acids is 1. The van der Waals surface area contributed by atoms with Crippen molar-refractivity contribution in [3.05, 3.63) is 96.7 Å². The zero-order valence-corrected chi connectivity index (χ0v) is 17.1. The predicted octanol–water partition coefficient (Wildman–Crippen LogP) is 5.34. The molecule has 1 atom stereocenters. The third-order valence-corrected chi connectivity index (χ3v) is 5.57. The van der Waals surface area contributed by atoms with Gasteiger partial charge in [-0.15, -0.1) is 0 Å². The molecule has 0 spiro atoms. The number of rotatable bonds is 5. The Bertz CT molecular complexity index is 1170. The number of oxazole rings is 1. The van der Waals surface area contributed by atoms with Crippen molar-refractivity contribution in [2.24, 2.45) is 0 Å². The Labute approximate surface area is 181 Å². The minimum Gasteiger partial charge on any atom is -0.436 e.